The van der Waals surface area contributed by atoms with Gasteiger partial charge in [0.05, 0.1) is 0 Å². The van der Waals surface area contributed by atoms with Crippen LogP contribution in [0.1, 0.15) is 31.7 Å². The van der Waals surface area contributed by atoms with Gasteiger partial charge in [0.15, 0.2) is 0 Å². The summed E-state index contributed by atoms with van der Waals surface area (Å²) in [5.74, 6) is 0.943. The van der Waals surface area contributed by atoms with Gasteiger partial charge in [0, 0.05) is 6.04 Å². The molecule has 0 aromatic heterocycles. The summed E-state index contributed by atoms with van der Waals surface area (Å²) in [4.78, 5) is 0. The van der Waals surface area contributed by atoms with Gasteiger partial charge in [-0.3, -0.25) is 0 Å². The van der Waals surface area contributed by atoms with Crippen molar-refractivity contribution in [2.24, 2.45) is 5.92 Å². The zero-order chi connectivity index (χ0) is 12.1. The molecule has 1 unspecified atom stereocenters. The van der Waals surface area contributed by atoms with Gasteiger partial charge in [-0.15, -0.1) is 6.58 Å². The van der Waals surface area contributed by atoms with E-state index in [1.54, 1.807) is 0 Å². The summed E-state index contributed by atoms with van der Waals surface area (Å²) in [5.41, 5.74) is 2.69. The summed E-state index contributed by atoms with van der Waals surface area (Å²) in [7, 11) is 0. The Morgan fingerprint density at radius 2 is 2.06 bits per heavy atom. The summed E-state index contributed by atoms with van der Waals surface area (Å²) in [6.07, 6.45) is 5.03. The molecule has 1 aliphatic rings. The van der Waals surface area contributed by atoms with Gasteiger partial charge in [-0.2, -0.15) is 0 Å². The van der Waals surface area contributed by atoms with Crippen LogP contribution in [0.4, 0.5) is 0 Å². The summed E-state index contributed by atoms with van der Waals surface area (Å²) < 4.78 is 0. The van der Waals surface area contributed by atoms with E-state index in [9.17, 15) is 0 Å². The molecule has 0 spiro atoms. The number of hydrogen-bond acceptors (Lipinski definition) is 1. The molecule has 2 rings (SSSR count). The van der Waals surface area contributed by atoms with Crippen molar-refractivity contribution in [2.45, 2.75) is 38.6 Å². The maximum absolute atomic E-state index is 4.04. The standard InChI is InChI=1S/C16H23N/c1-13(2)10-16(17-12-15-8-9-15)11-14-6-4-3-5-7-14/h3-7,15-17H,1,8-12H2,2H3. The van der Waals surface area contributed by atoms with Crippen LogP contribution in [0.15, 0.2) is 42.5 Å². The Morgan fingerprint density at radius 1 is 1.35 bits per heavy atom. The molecule has 1 aromatic carbocycles. The molecule has 17 heavy (non-hydrogen) atoms. The van der Waals surface area contributed by atoms with E-state index in [4.69, 9.17) is 0 Å². The van der Waals surface area contributed by atoms with Crippen molar-refractivity contribution in [2.75, 3.05) is 6.54 Å². The molecule has 1 atom stereocenters. The van der Waals surface area contributed by atoms with Crippen LogP contribution in [0.5, 0.6) is 0 Å². The highest BCUT2D eigenvalue weighted by atomic mass is 14.9. The molecule has 0 heterocycles. The molecule has 1 saturated carbocycles. The summed E-state index contributed by atoms with van der Waals surface area (Å²) in [6.45, 7) is 7.35. The number of hydrogen-bond donors (Lipinski definition) is 1. The van der Waals surface area contributed by atoms with Gasteiger partial charge in [-0.1, -0.05) is 35.9 Å². The fourth-order valence-corrected chi connectivity index (χ4v) is 2.19. The Labute approximate surface area is 105 Å². The third-order valence-electron chi connectivity index (χ3n) is 3.31. The molecule has 0 amide bonds. The van der Waals surface area contributed by atoms with Gasteiger partial charge >= 0.3 is 0 Å². The lowest BCUT2D eigenvalue weighted by Crippen LogP contribution is -2.33. The first-order valence-corrected chi connectivity index (χ1v) is 6.65. The lowest BCUT2D eigenvalue weighted by atomic mass is 10.00. The second-order valence-corrected chi connectivity index (χ2v) is 5.40. The molecule has 1 N–H and O–H groups in total. The Bertz CT molecular complexity index is 351. The quantitative estimate of drug-likeness (QED) is 0.705. The molecular formula is C16H23N. The molecule has 1 aromatic rings. The highest BCUT2D eigenvalue weighted by Crippen LogP contribution is 2.28. The molecule has 1 aliphatic carbocycles. The van der Waals surface area contributed by atoms with Crippen LogP contribution in [0, 0.1) is 5.92 Å². The topological polar surface area (TPSA) is 12.0 Å². The normalized spacial score (nSPS) is 16.8. The Hall–Kier alpha value is -1.08. The van der Waals surface area contributed by atoms with Crippen LogP contribution in [-0.2, 0) is 6.42 Å². The molecule has 92 valence electrons. The third kappa shape index (κ3) is 4.74. The van der Waals surface area contributed by atoms with Crippen molar-refractivity contribution in [1.82, 2.24) is 5.32 Å². The van der Waals surface area contributed by atoms with Crippen LogP contribution in [0.25, 0.3) is 0 Å². The molecule has 0 saturated heterocycles. The monoisotopic (exact) mass is 229 g/mol. The molecule has 0 aliphatic heterocycles. The first-order valence-electron chi connectivity index (χ1n) is 6.65. The average Bonchev–Trinajstić information content (AvgIpc) is 3.10. The van der Waals surface area contributed by atoms with E-state index >= 15 is 0 Å². The number of rotatable bonds is 7. The van der Waals surface area contributed by atoms with Gasteiger partial charge in [-0.25, -0.2) is 0 Å². The maximum atomic E-state index is 4.04. The molecule has 1 nitrogen and oxygen atoms in total. The van der Waals surface area contributed by atoms with Crippen molar-refractivity contribution < 1.29 is 0 Å². The lowest BCUT2D eigenvalue weighted by Gasteiger charge is -2.19. The van der Waals surface area contributed by atoms with Gasteiger partial charge < -0.3 is 5.32 Å². The van der Waals surface area contributed by atoms with Gasteiger partial charge in [0.1, 0.15) is 0 Å². The first-order chi connectivity index (χ1) is 8.24. The van der Waals surface area contributed by atoms with Gasteiger partial charge in [0.25, 0.3) is 0 Å². The second kappa shape index (κ2) is 6.02. The lowest BCUT2D eigenvalue weighted by molar-refractivity contribution is 0.490. The Morgan fingerprint density at radius 3 is 2.65 bits per heavy atom. The van der Waals surface area contributed by atoms with E-state index in [0.29, 0.717) is 6.04 Å². The predicted octanol–water partition coefficient (Wildman–Crippen LogP) is 3.56. The molecule has 0 radical (unpaired) electrons. The van der Waals surface area contributed by atoms with Crippen molar-refractivity contribution in [3.8, 4) is 0 Å². The zero-order valence-electron chi connectivity index (χ0n) is 10.8. The highest BCUT2D eigenvalue weighted by Gasteiger charge is 2.22. The largest absolute Gasteiger partial charge is 0.313 e. The first kappa shape index (κ1) is 12.4. The van der Waals surface area contributed by atoms with Crippen LogP contribution in [0.2, 0.25) is 0 Å². The van der Waals surface area contributed by atoms with Crippen molar-refractivity contribution >= 4 is 0 Å². The van der Waals surface area contributed by atoms with E-state index in [-0.39, 0.29) is 0 Å². The number of nitrogens with one attached hydrogen (secondary N) is 1. The molecule has 1 fully saturated rings. The summed E-state index contributed by atoms with van der Waals surface area (Å²) in [5, 5.41) is 3.70. The minimum absolute atomic E-state index is 0.551. The highest BCUT2D eigenvalue weighted by molar-refractivity contribution is 5.16. The van der Waals surface area contributed by atoms with E-state index in [1.807, 2.05) is 0 Å². The smallest absolute Gasteiger partial charge is 0.0144 e. The summed E-state index contributed by atoms with van der Waals surface area (Å²) in [6, 6.07) is 11.3. The molecule has 0 bridgehead atoms. The predicted molar refractivity (Wildman–Crippen MR) is 74.1 cm³/mol. The van der Waals surface area contributed by atoms with Crippen LogP contribution < -0.4 is 5.32 Å². The fraction of sp³-hybridized carbons (Fsp3) is 0.500. The number of benzene rings is 1. The van der Waals surface area contributed by atoms with E-state index in [2.05, 4.69) is 49.2 Å². The van der Waals surface area contributed by atoms with Gasteiger partial charge in [0.2, 0.25) is 0 Å². The van der Waals surface area contributed by atoms with Crippen LogP contribution in [0.3, 0.4) is 0 Å². The van der Waals surface area contributed by atoms with Crippen molar-refractivity contribution in [3.05, 3.63) is 48.0 Å². The Kier molecular flexibility index (Phi) is 4.38. The van der Waals surface area contributed by atoms with E-state index in [0.717, 1.165) is 18.8 Å². The van der Waals surface area contributed by atoms with E-state index < -0.39 is 0 Å². The second-order valence-electron chi connectivity index (χ2n) is 5.40. The van der Waals surface area contributed by atoms with Crippen LogP contribution >= 0.6 is 0 Å². The minimum atomic E-state index is 0.551. The van der Waals surface area contributed by atoms with E-state index in [1.165, 1.54) is 30.5 Å². The van der Waals surface area contributed by atoms with Crippen molar-refractivity contribution in [1.29, 1.82) is 0 Å². The average molecular weight is 229 g/mol. The van der Waals surface area contributed by atoms with Gasteiger partial charge in [-0.05, 0) is 50.6 Å². The van der Waals surface area contributed by atoms with Crippen molar-refractivity contribution in [3.63, 3.8) is 0 Å². The zero-order valence-corrected chi connectivity index (χ0v) is 10.8. The molecule has 1 heteroatoms. The maximum Gasteiger partial charge on any atom is 0.0144 e. The fourth-order valence-electron chi connectivity index (χ4n) is 2.19. The Balaban J connectivity index is 1.86. The summed E-state index contributed by atoms with van der Waals surface area (Å²) >= 11 is 0. The third-order valence-corrected chi connectivity index (χ3v) is 3.31. The SMILES string of the molecule is C=C(C)CC(Cc1ccccc1)NCC1CC1. The minimum Gasteiger partial charge on any atom is -0.313 e. The van der Waals surface area contributed by atoms with Crippen LogP contribution in [-0.4, -0.2) is 12.6 Å². The molecular weight excluding hydrogens is 206 g/mol.